The maximum atomic E-state index is 12.8. The Labute approximate surface area is 170 Å². The molecule has 1 fully saturated rings. The number of carbonyl (C=O) groups excluding carboxylic acids is 2. The molecular weight excluding hydrogens is 376 g/mol. The highest BCUT2D eigenvalue weighted by Gasteiger charge is 2.23. The van der Waals surface area contributed by atoms with Gasteiger partial charge >= 0.3 is 0 Å². The molecule has 1 aliphatic rings. The number of carbonyl (C=O) groups is 2. The molecule has 0 saturated carbocycles. The third-order valence-corrected chi connectivity index (χ3v) is 4.77. The van der Waals surface area contributed by atoms with Gasteiger partial charge in [-0.1, -0.05) is 31.5 Å². The normalized spacial score (nSPS) is 13.6. The molecule has 0 unspecified atom stereocenters. The van der Waals surface area contributed by atoms with E-state index in [-0.39, 0.29) is 11.8 Å². The zero-order chi connectivity index (χ0) is 20.1. The van der Waals surface area contributed by atoms with Gasteiger partial charge < -0.3 is 15.0 Å². The van der Waals surface area contributed by atoms with Crippen LogP contribution in [-0.2, 0) is 0 Å². The van der Waals surface area contributed by atoms with Crippen LogP contribution in [0.15, 0.2) is 42.5 Å². The fourth-order valence-electron chi connectivity index (χ4n) is 3.08. The van der Waals surface area contributed by atoms with E-state index >= 15 is 0 Å². The summed E-state index contributed by atoms with van der Waals surface area (Å²) in [6, 6.07) is 12.0. The maximum absolute atomic E-state index is 12.8. The summed E-state index contributed by atoms with van der Waals surface area (Å²) < 4.78 is 5.70. The molecule has 0 aromatic heterocycles. The Morgan fingerprint density at radius 2 is 1.89 bits per heavy atom. The lowest BCUT2D eigenvalue weighted by molar-refractivity contribution is 0.0794. The molecule has 3 rings (SSSR count). The number of amides is 2. The minimum atomic E-state index is -0.298. The second kappa shape index (κ2) is 9.11. The highest BCUT2D eigenvalue weighted by Crippen LogP contribution is 2.25. The molecule has 1 heterocycles. The van der Waals surface area contributed by atoms with Crippen LogP contribution in [0.25, 0.3) is 0 Å². The first-order valence-corrected chi connectivity index (χ1v) is 9.95. The van der Waals surface area contributed by atoms with E-state index in [4.69, 9.17) is 16.3 Å². The summed E-state index contributed by atoms with van der Waals surface area (Å²) in [5, 5.41) is 3.31. The second-order valence-corrected chi connectivity index (χ2v) is 7.81. The average molecular weight is 401 g/mol. The van der Waals surface area contributed by atoms with E-state index < -0.39 is 0 Å². The lowest BCUT2D eigenvalue weighted by atomic mass is 10.1. The minimum Gasteiger partial charge on any atom is -0.493 e. The largest absolute Gasteiger partial charge is 0.493 e. The van der Waals surface area contributed by atoms with E-state index in [1.165, 1.54) is 0 Å². The number of rotatable bonds is 6. The first-order valence-electron chi connectivity index (χ1n) is 9.57. The summed E-state index contributed by atoms with van der Waals surface area (Å²) in [4.78, 5) is 27.4. The number of anilines is 1. The molecule has 0 radical (unpaired) electrons. The quantitative estimate of drug-likeness (QED) is 0.753. The highest BCUT2D eigenvalue weighted by atomic mass is 35.5. The van der Waals surface area contributed by atoms with Crippen LogP contribution >= 0.6 is 11.6 Å². The highest BCUT2D eigenvalue weighted by molar-refractivity contribution is 6.31. The van der Waals surface area contributed by atoms with E-state index in [0.717, 1.165) is 25.9 Å². The Balaban J connectivity index is 1.79. The molecule has 0 atom stereocenters. The Morgan fingerprint density at radius 1 is 1.14 bits per heavy atom. The van der Waals surface area contributed by atoms with Gasteiger partial charge in [-0.2, -0.15) is 0 Å². The van der Waals surface area contributed by atoms with Gasteiger partial charge in [0.2, 0.25) is 0 Å². The maximum Gasteiger partial charge on any atom is 0.256 e. The molecule has 1 aliphatic heterocycles. The van der Waals surface area contributed by atoms with Crippen molar-refractivity contribution >= 4 is 29.1 Å². The van der Waals surface area contributed by atoms with Crippen LogP contribution in [0.1, 0.15) is 47.4 Å². The summed E-state index contributed by atoms with van der Waals surface area (Å²) >= 11 is 6.10. The van der Waals surface area contributed by atoms with Crippen LogP contribution in [0, 0.1) is 5.92 Å². The number of nitrogens with zero attached hydrogens (tertiary/aromatic N) is 1. The number of nitrogens with one attached hydrogen (secondary N) is 1. The third kappa shape index (κ3) is 5.04. The first kappa shape index (κ1) is 20.2. The van der Waals surface area contributed by atoms with Crippen molar-refractivity contribution in [2.24, 2.45) is 5.92 Å². The van der Waals surface area contributed by atoms with Crippen molar-refractivity contribution in [3.8, 4) is 5.75 Å². The standard InChI is InChI=1S/C22H25ClN2O3/c1-15(2)14-28-18-7-5-6-16(12-18)21(26)24-20-9-8-17(23)13-19(20)22(27)25-10-3-4-11-25/h5-9,12-13,15H,3-4,10-11,14H2,1-2H3,(H,24,26). The predicted molar refractivity (Wildman–Crippen MR) is 111 cm³/mol. The van der Waals surface area contributed by atoms with E-state index in [2.05, 4.69) is 19.2 Å². The van der Waals surface area contributed by atoms with Gasteiger partial charge in [0.05, 0.1) is 17.9 Å². The Morgan fingerprint density at radius 3 is 2.61 bits per heavy atom. The molecule has 0 bridgehead atoms. The Bertz CT molecular complexity index is 861. The second-order valence-electron chi connectivity index (χ2n) is 7.38. The van der Waals surface area contributed by atoms with Crippen LogP contribution in [0.2, 0.25) is 5.02 Å². The van der Waals surface area contributed by atoms with Crippen LogP contribution in [0.3, 0.4) is 0 Å². The minimum absolute atomic E-state index is 0.107. The molecular formula is C22H25ClN2O3. The number of likely N-dealkylation sites (tertiary alicyclic amines) is 1. The number of hydrogen-bond acceptors (Lipinski definition) is 3. The first-order chi connectivity index (χ1) is 13.4. The fraction of sp³-hybridized carbons (Fsp3) is 0.364. The fourth-order valence-corrected chi connectivity index (χ4v) is 3.25. The van der Waals surface area contributed by atoms with Crippen molar-refractivity contribution in [3.63, 3.8) is 0 Å². The molecule has 2 aromatic carbocycles. The van der Waals surface area contributed by atoms with E-state index in [0.29, 0.717) is 40.1 Å². The lowest BCUT2D eigenvalue weighted by Crippen LogP contribution is -2.28. The van der Waals surface area contributed by atoms with Gasteiger partial charge in [0.15, 0.2) is 0 Å². The van der Waals surface area contributed by atoms with E-state index in [1.807, 2.05) is 6.07 Å². The van der Waals surface area contributed by atoms with Crippen molar-refractivity contribution in [1.29, 1.82) is 0 Å². The molecule has 0 aliphatic carbocycles. The van der Waals surface area contributed by atoms with Crippen LogP contribution in [0.4, 0.5) is 5.69 Å². The Kier molecular flexibility index (Phi) is 6.57. The molecule has 1 saturated heterocycles. The van der Waals surface area contributed by atoms with Crippen molar-refractivity contribution in [3.05, 3.63) is 58.6 Å². The third-order valence-electron chi connectivity index (χ3n) is 4.53. The van der Waals surface area contributed by atoms with Gasteiger partial charge in [-0.05, 0) is 55.2 Å². The van der Waals surface area contributed by atoms with Crippen molar-refractivity contribution in [1.82, 2.24) is 4.90 Å². The monoisotopic (exact) mass is 400 g/mol. The number of ether oxygens (including phenoxy) is 1. The van der Waals surface area contributed by atoms with E-state index in [9.17, 15) is 9.59 Å². The van der Waals surface area contributed by atoms with Gasteiger partial charge in [0.25, 0.3) is 11.8 Å². The molecule has 28 heavy (non-hydrogen) atoms. The van der Waals surface area contributed by atoms with Gasteiger partial charge in [-0.3, -0.25) is 9.59 Å². The molecule has 2 aromatic rings. The number of benzene rings is 2. The summed E-state index contributed by atoms with van der Waals surface area (Å²) in [5.74, 6) is 0.633. The van der Waals surface area contributed by atoms with Crippen molar-refractivity contribution in [2.45, 2.75) is 26.7 Å². The Hall–Kier alpha value is -2.53. The van der Waals surface area contributed by atoms with Gasteiger partial charge in [0.1, 0.15) is 5.75 Å². The van der Waals surface area contributed by atoms with Crippen molar-refractivity contribution in [2.75, 3.05) is 25.0 Å². The van der Waals surface area contributed by atoms with Gasteiger partial charge in [-0.25, -0.2) is 0 Å². The summed E-state index contributed by atoms with van der Waals surface area (Å²) in [6.07, 6.45) is 1.99. The summed E-state index contributed by atoms with van der Waals surface area (Å²) in [5.41, 5.74) is 1.34. The summed E-state index contributed by atoms with van der Waals surface area (Å²) in [6.45, 7) is 6.17. The van der Waals surface area contributed by atoms with Gasteiger partial charge in [0, 0.05) is 23.7 Å². The smallest absolute Gasteiger partial charge is 0.256 e. The van der Waals surface area contributed by atoms with Crippen LogP contribution in [-0.4, -0.2) is 36.4 Å². The lowest BCUT2D eigenvalue weighted by Gasteiger charge is -2.18. The zero-order valence-corrected chi connectivity index (χ0v) is 17.0. The molecule has 148 valence electrons. The van der Waals surface area contributed by atoms with Gasteiger partial charge in [-0.15, -0.1) is 0 Å². The van der Waals surface area contributed by atoms with Crippen molar-refractivity contribution < 1.29 is 14.3 Å². The molecule has 1 N–H and O–H groups in total. The van der Waals surface area contributed by atoms with Crippen LogP contribution < -0.4 is 10.1 Å². The SMILES string of the molecule is CC(C)COc1cccc(C(=O)Nc2ccc(Cl)cc2C(=O)N2CCCC2)c1. The average Bonchev–Trinajstić information content (AvgIpc) is 3.22. The molecule has 5 nitrogen and oxygen atoms in total. The van der Waals surface area contributed by atoms with E-state index in [1.54, 1.807) is 41.3 Å². The number of hydrogen-bond donors (Lipinski definition) is 1. The molecule has 0 spiro atoms. The molecule has 2 amide bonds. The molecule has 6 heteroatoms. The number of halogens is 1. The zero-order valence-electron chi connectivity index (χ0n) is 16.2. The summed E-state index contributed by atoms with van der Waals surface area (Å²) in [7, 11) is 0. The van der Waals surface area contributed by atoms with Crippen LogP contribution in [0.5, 0.6) is 5.75 Å². The topological polar surface area (TPSA) is 58.6 Å². The predicted octanol–water partition coefficient (Wildman–Crippen LogP) is 4.86.